The van der Waals surface area contributed by atoms with Gasteiger partial charge >= 0.3 is 6.18 Å². The van der Waals surface area contributed by atoms with Crippen LogP contribution in [0.25, 0.3) is 17.2 Å². The maximum absolute atomic E-state index is 12.8. The third-order valence-electron chi connectivity index (χ3n) is 2.63. The summed E-state index contributed by atoms with van der Waals surface area (Å²) in [5.41, 5.74) is -0.574. The van der Waals surface area contributed by atoms with Crippen LogP contribution >= 0.6 is 0 Å². The van der Waals surface area contributed by atoms with Crippen LogP contribution in [0.1, 0.15) is 5.56 Å². The fraction of sp³-hybridized carbons (Fsp3) is 0.0833. The van der Waals surface area contributed by atoms with E-state index in [4.69, 9.17) is 0 Å². The largest absolute Gasteiger partial charge is 0.420 e. The average molecular weight is 264 g/mol. The molecule has 3 heterocycles. The van der Waals surface area contributed by atoms with Crippen molar-refractivity contribution < 1.29 is 13.2 Å². The molecular formula is C12H7F3N4. The molecule has 0 aromatic carbocycles. The van der Waals surface area contributed by atoms with Crippen molar-refractivity contribution in [2.24, 2.45) is 0 Å². The third kappa shape index (κ3) is 1.92. The van der Waals surface area contributed by atoms with E-state index in [0.717, 1.165) is 6.07 Å². The lowest BCUT2D eigenvalue weighted by Gasteiger charge is -2.07. The highest BCUT2D eigenvalue weighted by Gasteiger charge is 2.34. The smallest absolute Gasteiger partial charge is 0.281 e. The highest BCUT2D eigenvalue weighted by atomic mass is 19.4. The van der Waals surface area contributed by atoms with E-state index in [-0.39, 0.29) is 11.5 Å². The van der Waals surface area contributed by atoms with Crippen LogP contribution in [-0.4, -0.2) is 19.6 Å². The molecule has 0 aliphatic rings. The molecule has 7 heteroatoms. The van der Waals surface area contributed by atoms with Crippen LogP contribution in [0.3, 0.4) is 0 Å². The van der Waals surface area contributed by atoms with Gasteiger partial charge in [-0.3, -0.25) is 9.38 Å². The summed E-state index contributed by atoms with van der Waals surface area (Å²) in [6.07, 6.45) is -1.43. The minimum absolute atomic E-state index is 0.226. The van der Waals surface area contributed by atoms with Gasteiger partial charge in [-0.2, -0.15) is 13.2 Å². The van der Waals surface area contributed by atoms with Gasteiger partial charge in [0, 0.05) is 12.4 Å². The van der Waals surface area contributed by atoms with Crippen LogP contribution in [-0.2, 0) is 6.18 Å². The number of halogens is 3. The van der Waals surface area contributed by atoms with E-state index in [1.54, 1.807) is 24.4 Å². The number of alkyl halides is 3. The molecule has 0 aliphatic carbocycles. The second-order valence-corrected chi connectivity index (χ2v) is 3.85. The van der Waals surface area contributed by atoms with E-state index in [0.29, 0.717) is 5.69 Å². The zero-order valence-electron chi connectivity index (χ0n) is 9.46. The predicted octanol–water partition coefficient (Wildman–Crippen LogP) is 2.81. The Balaban J connectivity index is 2.26. The first-order chi connectivity index (χ1) is 9.07. The van der Waals surface area contributed by atoms with Crippen molar-refractivity contribution >= 4 is 5.65 Å². The van der Waals surface area contributed by atoms with Crippen LogP contribution in [0.15, 0.2) is 42.7 Å². The molecule has 0 fully saturated rings. The Bertz CT molecular complexity index is 719. The molecule has 19 heavy (non-hydrogen) atoms. The van der Waals surface area contributed by atoms with Gasteiger partial charge in [0.25, 0.3) is 0 Å². The van der Waals surface area contributed by atoms with E-state index >= 15 is 0 Å². The number of hydrogen-bond donors (Lipinski definition) is 0. The summed E-state index contributed by atoms with van der Waals surface area (Å²) >= 11 is 0. The van der Waals surface area contributed by atoms with E-state index in [1.807, 2.05) is 0 Å². The topological polar surface area (TPSA) is 43.1 Å². The van der Waals surface area contributed by atoms with E-state index < -0.39 is 11.7 Å². The Morgan fingerprint density at radius 2 is 1.84 bits per heavy atom. The first-order valence-electron chi connectivity index (χ1n) is 5.40. The second-order valence-electron chi connectivity index (χ2n) is 3.85. The second kappa shape index (κ2) is 4.04. The summed E-state index contributed by atoms with van der Waals surface area (Å²) in [6, 6.07) is 7.40. The third-order valence-corrected chi connectivity index (χ3v) is 2.63. The Kier molecular flexibility index (Phi) is 2.48. The number of rotatable bonds is 1. The number of aromatic nitrogens is 4. The van der Waals surface area contributed by atoms with Crippen LogP contribution < -0.4 is 0 Å². The van der Waals surface area contributed by atoms with Crippen LogP contribution in [0.5, 0.6) is 0 Å². The molecule has 0 N–H and O–H groups in total. The van der Waals surface area contributed by atoms with Crippen molar-refractivity contribution in [1.82, 2.24) is 19.6 Å². The van der Waals surface area contributed by atoms with Gasteiger partial charge in [-0.1, -0.05) is 6.07 Å². The number of pyridine rings is 2. The summed E-state index contributed by atoms with van der Waals surface area (Å²) in [6.45, 7) is 0. The zero-order chi connectivity index (χ0) is 13.5. The monoisotopic (exact) mass is 264 g/mol. The van der Waals surface area contributed by atoms with Gasteiger partial charge in [-0.05, 0) is 24.3 Å². The molecule has 0 saturated heterocycles. The Labute approximate surface area is 105 Å². The summed E-state index contributed by atoms with van der Waals surface area (Å²) < 4.78 is 39.8. The Morgan fingerprint density at radius 3 is 2.53 bits per heavy atom. The number of hydrogen-bond acceptors (Lipinski definition) is 3. The minimum atomic E-state index is -4.46. The average Bonchev–Trinajstić information content (AvgIpc) is 2.82. The van der Waals surface area contributed by atoms with Crippen molar-refractivity contribution in [3.05, 3.63) is 48.3 Å². The Hall–Kier alpha value is -2.44. The standard InChI is InChI=1S/C12H7F3N4/c13-12(14,15)8-4-3-7-19-10(8)17-18-11(19)9-5-1-2-6-16-9/h1-7H. The fourth-order valence-corrected chi connectivity index (χ4v) is 1.81. The summed E-state index contributed by atoms with van der Waals surface area (Å²) in [4.78, 5) is 4.06. The van der Waals surface area contributed by atoms with Gasteiger partial charge in [0.2, 0.25) is 0 Å². The molecule has 0 atom stereocenters. The van der Waals surface area contributed by atoms with Crippen molar-refractivity contribution in [2.75, 3.05) is 0 Å². The lowest BCUT2D eigenvalue weighted by Crippen LogP contribution is -2.07. The molecule has 4 nitrogen and oxygen atoms in total. The number of fused-ring (bicyclic) bond motifs is 1. The first-order valence-corrected chi connectivity index (χ1v) is 5.40. The van der Waals surface area contributed by atoms with E-state index in [2.05, 4.69) is 15.2 Å². The number of nitrogens with zero attached hydrogens (tertiary/aromatic N) is 4. The van der Waals surface area contributed by atoms with E-state index in [1.165, 1.54) is 16.7 Å². The normalized spacial score (nSPS) is 11.9. The molecule has 3 rings (SSSR count). The molecule has 0 amide bonds. The van der Waals surface area contributed by atoms with Gasteiger partial charge in [0.15, 0.2) is 11.5 Å². The molecule has 3 aromatic rings. The highest BCUT2D eigenvalue weighted by Crippen LogP contribution is 2.32. The maximum Gasteiger partial charge on any atom is 0.420 e. The van der Waals surface area contributed by atoms with Crippen molar-refractivity contribution in [3.63, 3.8) is 0 Å². The van der Waals surface area contributed by atoms with Gasteiger partial charge < -0.3 is 0 Å². The summed E-state index contributed by atoms with van der Waals surface area (Å²) in [5, 5.41) is 7.40. The van der Waals surface area contributed by atoms with Crippen LogP contribution in [0.4, 0.5) is 13.2 Å². The SMILES string of the molecule is FC(F)(F)c1cccn2c(-c3ccccn3)nnc12. The lowest BCUT2D eigenvalue weighted by atomic mass is 10.2. The minimum Gasteiger partial charge on any atom is -0.281 e. The summed E-state index contributed by atoms with van der Waals surface area (Å²) in [5.74, 6) is 0.279. The van der Waals surface area contributed by atoms with Gasteiger partial charge in [-0.25, -0.2) is 0 Å². The predicted molar refractivity (Wildman–Crippen MR) is 61.2 cm³/mol. The Morgan fingerprint density at radius 1 is 1.00 bits per heavy atom. The van der Waals surface area contributed by atoms with Gasteiger partial charge in [0.05, 0.1) is 0 Å². The molecule has 0 bridgehead atoms. The fourth-order valence-electron chi connectivity index (χ4n) is 1.81. The quantitative estimate of drug-likeness (QED) is 0.678. The van der Waals surface area contributed by atoms with Crippen molar-refractivity contribution in [3.8, 4) is 11.5 Å². The van der Waals surface area contributed by atoms with Gasteiger partial charge in [-0.15, -0.1) is 10.2 Å². The molecule has 0 unspecified atom stereocenters. The zero-order valence-corrected chi connectivity index (χ0v) is 9.46. The molecule has 3 aromatic heterocycles. The molecule has 0 radical (unpaired) electrons. The van der Waals surface area contributed by atoms with E-state index in [9.17, 15) is 13.2 Å². The molecule has 0 aliphatic heterocycles. The van der Waals surface area contributed by atoms with Crippen molar-refractivity contribution in [1.29, 1.82) is 0 Å². The van der Waals surface area contributed by atoms with Crippen molar-refractivity contribution in [2.45, 2.75) is 6.18 Å². The van der Waals surface area contributed by atoms with Crippen LogP contribution in [0, 0.1) is 0 Å². The summed E-state index contributed by atoms with van der Waals surface area (Å²) in [7, 11) is 0. The molecule has 96 valence electrons. The van der Waals surface area contributed by atoms with Crippen LogP contribution in [0.2, 0.25) is 0 Å². The molecule has 0 saturated carbocycles. The molecule has 0 spiro atoms. The molecular weight excluding hydrogens is 257 g/mol. The first kappa shape index (κ1) is 11.6. The maximum atomic E-state index is 12.8. The highest BCUT2D eigenvalue weighted by molar-refractivity contribution is 5.58. The lowest BCUT2D eigenvalue weighted by molar-refractivity contribution is -0.136. The van der Waals surface area contributed by atoms with Gasteiger partial charge in [0.1, 0.15) is 11.3 Å².